The summed E-state index contributed by atoms with van der Waals surface area (Å²) in [4.78, 5) is 0. The molecule has 0 aliphatic carbocycles. The lowest BCUT2D eigenvalue weighted by molar-refractivity contribution is 0.0140. The maximum Gasteiger partial charge on any atom is 0.0592 e. The van der Waals surface area contributed by atoms with Gasteiger partial charge >= 0.3 is 0 Å². The van der Waals surface area contributed by atoms with E-state index >= 15 is 0 Å². The first-order chi connectivity index (χ1) is 5.13. The third-order valence-electron chi connectivity index (χ3n) is 2.03. The highest BCUT2D eigenvalue weighted by Crippen LogP contribution is 2.24. The molecule has 0 amide bonds. The van der Waals surface area contributed by atoms with Crippen LogP contribution >= 0.6 is 0 Å². The van der Waals surface area contributed by atoms with Crippen LogP contribution in [0, 0.1) is 5.41 Å². The van der Waals surface area contributed by atoms with E-state index in [1.807, 2.05) is 20.8 Å². The van der Waals surface area contributed by atoms with Gasteiger partial charge in [0, 0.05) is 0 Å². The van der Waals surface area contributed by atoms with Gasteiger partial charge in [0.2, 0.25) is 0 Å². The summed E-state index contributed by atoms with van der Waals surface area (Å²) in [6, 6.07) is 0. The quantitative estimate of drug-likeness (QED) is 0.686. The van der Waals surface area contributed by atoms with Gasteiger partial charge < -0.3 is 10.2 Å². The minimum atomic E-state index is -0.660. The number of aliphatic hydroxyl groups excluding tert-OH is 1. The van der Waals surface area contributed by atoms with Crippen molar-refractivity contribution < 1.29 is 10.2 Å². The van der Waals surface area contributed by atoms with Gasteiger partial charge in [0.1, 0.15) is 0 Å². The van der Waals surface area contributed by atoms with Crippen LogP contribution in [0.15, 0.2) is 0 Å². The van der Waals surface area contributed by atoms with E-state index in [0.717, 1.165) is 0 Å². The van der Waals surface area contributed by atoms with Crippen LogP contribution in [0.2, 0.25) is 0 Å². The molecule has 0 aromatic carbocycles. The Morgan fingerprint density at radius 1 is 1.08 bits per heavy atom. The Hall–Kier alpha value is -0.0800. The zero-order valence-electron chi connectivity index (χ0n) is 8.89. The molecular weight excluding hydrogens is 152 g/mol. The third kappa shape index (κ3) is 5.56. The van der Waals surface area contributed by atoms with Crippen LogP contribution in [0.25, 0.3) is 0 Å². The maximum atomic E-state index is 9.64. The first-order valence-electron chi connectivity index (χ1n) is 4.53. The second kappa shape index (κ2) is 3.75. The summed E-state index contributed by atoms with van der Waals surface area (Å²) < 4.78 is 0. The third-order valence-corrected chi connectivity index (χ3v) is 2.03. The molecule has 12 heavy (non-hydrogen) atoms. The van der Waals surface area contributed by atoms with E-state index in [1.54, 1.807) is 13.8 Å². The van der Waals surface area contributed by atoms with E-state index in [-0.39, 0.29) is 11.5 Å². The standard InChI is InChI=1S/C10H22O2/c1-9(2,3)8(11)6-7-10(4,5)12/h8,11-12H,6-7H2,1-5H3. The summed E-state index contributed by atoms with van der Waals surface area (Å²) in [6.45, 7) is 9.54. The van der Waals surface area contributed by atoms with Crippen molar-refractivity contribution in [3.05, 3.63) is 0 Å². The molecule has 0 saturated heterocycles. The van der Waals surface area contributed by atoms with Crippen LogP contribution in [0.3, 0.4) is 0 Å². The highest BCUT2D eigenvalue weighted by Gasteiger charge is 2.24. The van der Waals surface area contributed by atoms with Crippen LogP contribution in [0.1, 0.15) is 47.5 Å². The molecule has 0 aliphatic heterocycles. The number of hydrogen-bond donors (Lipinski definition) is 2. The summed E-state index contributed by atoms with van der Waals surface area (Å²) in [7, 11) is 0. The number of aliphatic hydroxyl groups is 2. The normalized spacial score (nSPS) is 16.2. The molecule has 0 bridgehead atoms. The summed E-state index contributed by atoms with van der Waals surface area (Å²) in [5, 5.41) is 19.1. The second-order valence-corrected chi connectivity index (χ2v) is 5.23. The first kappa shape index (κ1) is 11.9. The summed E-state index contributed by atoms with van der Waals surface area (Å²) in [6.07, 6.45) is 0.974. The van der Waals surface area contributed by atoms with Crippen molar-refractivity contribution in [2.75, 3.05) is 0 Å². The van der Waals surface area contributed by atoms with Gasteiger partial charge in [-0.1, -0.05) is 20.8 Å². The van der Waals surface area contributed by atoms with E-state index in [9.17, 15) is 10.2 Å². The SMILES string of the molecule is CC(C)(O)CCC(O)C(C)(C)C. The molecule has 0 heterocycles. The molecule has 0 aromatic rings. The van der Waals surface area contributed by atoms with Gasteiger partial charge in [-0.05, 0) is 32.1 Å². The minimum absolute atomic E-state index is 0.0781. The Morgan fingerprint density at radius 2 is 1.50 bits per heavy atom. The predicted molar refractivity (Wildman–Crippen MR) is 51.0 cm³/mol. The lowest BCUT2D eigenvalue weighted by Crippen LogP contribution is -2.29. The molecule has 0 aromatic heterocycles. The highest BCUT2D eigenvalue weighted by atomic mass is 16.3. The molecular formula is C10H22O2. The van der Waals surface area contributed by atoms with Crippen LogP contribution in [-0.4, -0.2) is 21.9 Å². The van der Waals surface area contributed by atoms with Crippen LogP contribution in [0.4, 0.5) is 0 Å². The zero-order valence-corrected chi connectivity index (χ0v) is 8.89. The van der Waals surface area contributed by atoms with Crippen molar-refractivity contribution in [3.63, 3.8) is 0 Å². The fourth-order valence-electron chi connectivity index (χ4n) is 0.923. The molecule has 2 N–H and O–H groups in total. The second-order valence-electron chi connectivity index (χ2n) is 5.23. The van der Waals surface area contributed by atoms with Crippen LogP contribution in [0.5, 0.6) is 0 Å². The van der Waals surface area contributed by atoms with Crippen LogP contribution in [-0.2, 0) is 0 Å². The van der Waals surface area contributed by atoms with Gasteiger partial charge in [-0.2, -0.15) is 0 Å². The summed E-state index contributed by atoms with van der Waals surface area (Å²) >= 11 is 0. The van der Waals surface area contributed by atoms with Crippen molar-refractivity contribution in [1.82, 2.24) is 0 Å². The van der Waals surface area contributed by atoms with Crippen molar-refractivity contribution in [2.24, 2.45) is 5.41 Å². The highest BCUT2D eigenvalue weighted by molar-refractivity contribution is 4.76. The van der Waals surface area contributed by atoms with E-state index in [0.29, 0.717) is 12.8 Å². The average molecular weight is 174 g/mol. The van der Waals surface area contributed by atoms with Gasteiger partial charge in [-0.25, -0.2) is 0 Å². The molecule has 0 radical (unpaired) electrons. The molecule has 2 heteroatoms. The Labute approximate surface area is 75.6 Å². The summed E-state index contributed by atoms with van der Waals surface area (Å²) in [5.41, 5.74) is -0.739. The molecule has 1 atom stereocenters. The van der Waals surface area contributed by atoms with Crippen LogP contribution < -0.4 is 0 Å². The van der Waals surface area contributed by atoms with Gasteiger partial charge in [-0.15, -0.1) is 0 Å². The maximum absolute atomic E-state index is 9.64. The van der Waals surface area contributed by atoms with Crippen molar-refractivity contribution in [2.45, 2.75) is 59.2 Å². The van der Waals surface area contributed by atoms with Crippen molar-refractivity contribution in [3.8, 4) is 0 Å². The molecule has 0 saturated carbocycles. The minimum Gasteiger partial charge on any atom is -0.393 e. The first-order valence-corrected chi connectivity index (χ1v) is 4.53. The van der Waals surface area contributed by atoms with Gasteiger partial charge in [-0.3, -0.25) is 0 Å². The smallest absolute Gasteiger partial charge is 0.0592 e. The number of rotatable bonds is 3. The molecule has 0 spiro atoms. The van der Waals surface area contributed by atoms with E-state index in [1.165, 1.54) is 0 Å². The molecule has 0 fully saturated rings. The molecule has 1 unspecified atom stereocenters. The Balaban J connectivity index is 3.80. The monoisotopic (exact) mass is 174 g/mol. The van der Waals surface area contributed by atoms with E-state index in [2.05, 4.69) is 0 Å². The topological polar surface area (TPSA) is 40.5 Å². The van der Waals surface area contributed by atoms with Gasteiger partial charge in [0.05, 0.1) is 11.7 Å². The van der Waals surface area contributed by atoms with E-state index < -0.39 is 5.60 Å². The Kier molecular flexibility index (Phi) is 3.73. The lowest BCUT2D eigenvalue weighted by Gasteiger charge is -2.28. The number of hydrogen-bond acceptors (Lipinski definition) is 2. The largest absolute Gasteiger partial charge is 0.393 e. The average Bonchev–Trinajstić information content (AvgIpc) is 1.78. The molecule has 2 nitrogen and oxygen atoms in total. The van der Waals surface area contributed by atoms with Gasteiger partial charge in [0.25, 0.3) is 0 Å². The van der Waals surface area contributed by atoms with Crippen molar-refractivity contribution in [1.29, 1.82) is 0 Å². The fourth-order valence-corrected chi connectivity index (χ4v) is 0.923. The Bertz CT molecular complexity index is 128. The molecule has 74 valence electrons. The fraction of sp³-hybridized carbons (Fsp3) is 1.00. The van der Waals surface area contributed by atoms with Gasteiger partial charge in [0.15, 0.2) is 0 Å². The Morgan fingerprint density at radius 3 is 1.75 bits per heavy atom. The lowest BCUT2D eigenvalue weighted by atomic mass is 9.84. The zero-order chi connectivity index (χ0) is 9.99. The molecule has 0 aliphatic rings. The predicted octanol–water partition coefficient (Wildman–Crippen LogP) is 1.94. The van der Waals surface area contributed by atoms with Crippen molar-refractivity contribution >= 4 is 0 Å². The van der Waals surface area contributed by atoms with E-state index in [4.69, 9.17) is 0 Å². The summed E-state index contributed by atoms with van der Waals surface area (Å²) in [5.74, 6) is 0. The molecule has 0 rings (SSSR count).